The molecule has 3 rings (SSSR count). The van der Waals surface area contributed by atoms with E-state index in [1.54, 1.807) is 12.1 Å². The fourth-order valence-electron chi connectivity index (χ4n) is 3.14. The van der Waals surface area contributed by atoms with Gasteiger partial charge in [-0.15, -0.1) is 0 Å². The molecule has 2 aliphatic heterocycles. The Morgan fingerprint density at radius 1 is 1.30 bits per heavy atom. The number of nitro groups is 1. The second kappa shape index (κ2) is 5.20. The summed E-state index contributed by atoms with van der Waals surface area (Å²) in [6.45, 7) is 2.58. The van der Waals surface area contributed by atoms with E-state index in [0.717, 1.165) is 32.5 Å². The first kappa shape index (κ1) is 13.1. The Kier molecular flexibility index (Phi) is 3.40. The number of amides is 1. The Balaban J connectivity index is 1.70. The van der Waals surface area contributed by atoms with Crippen LogP contribution in [0.3, 0.4) is 0 Å². The van der Waals surface area contributed by atoms with Crippen molar-refractivity contribution in [2.24, 2.45) is 5.92 Å². The molecule has 2 aliphatic rings. The van der Waals surface area contributed by atoms with Gasteiger partial charge in [-0.05, 0) is 37.4 Å². The van der Waals surface area contributed by atoms with Crippen LogP contribution in [-0.4, -0.2) is 41.4 Å². The first-order valence-electron chi connectivity index (χ1n) is 6.92. The van der Waals surface area contributed by atoms with Crippen LogP contribution < -0.4 is 5.32 Å². The minimum Gasteiger partial charge on any atom is -0.338 e. The van der Waals surface area contributed by atoms with E-state index in [1.807, 2.05) is 4.90 Å². The first-order valence-corrected chi connectivity index (χ1v) is 6.92. The molecule has 0 radical (unpaired) electrons. The van der Waals surface area contributed by atoms with Gasteiger partial charge < -0.3 is 10.2 Å². The van der Waals surface area contributed by atoms with Gasteiger partial charge in [0.05, 0.1) is 4.92 Å². The third-order valence-corrected chi connectivity index (χ3v) is 4.27. The van der Waals surface area contributed by atoms with Crippen molar-refractivity contribution >= 4 is 11.6 Å². The van der Waals surface area contributed by atoms with Crippen LogP contribution in [0.25, 0.3) is 0 Å². The fourth-order valence-corrected chi connectivity index (χ4v) is 3.14. The number of rotatable bonds is 2. The van der Waals surface area contributed by atoms with E-state index in [9.17, 15) is 14.9 Å². The first-order chi connectivity index (χ1) is 9.65. The molecule has 0 saturated carbocycles. The molecule has 2 atom stereocenters. The van der Waals surface area contributed by atoms with Crippen molar-refractivity contribution in [3.05, 3.63) is 39.9 Å². The molecule has 2 fully saturated rings. The predicted octanol–water partition coefficient (Wildman–Crippen LogP) is 1.42. The molecule has 0 bridgehead atoms. The van der Waals surface area contributed by atoms with Crippen molar-refractivity contribution in [1.29, 1.82) is 0 Å². The Morgan fingerprint density at radius 2 is 2.05 bits per heavy atom. The highest BCUT2D eigenvalue weighted by atomic mass is 16.6. The number of hydrogen-bond acceptors (Lipinski definition) is 4. The van der Waals surface area contributed by atoms with Gasteiger partial charge in [0.25, 0.3) is 11.6 Å². The Bertz CT molecular complexity index is 529. The van der Waals surface area contributed by atoms with Crippen LogP contribution in [0.1, 0.15) is 23.2 Å². The number of carbonyl (C=O) groups is 1. The lowest BCUT2D eigenvalue weighted by Gasteiger charge is -2.34. The summed E-state index contributed by atoms with van der Waals surface area (Å²) < 4.78 is 0. The maximum Gasteiger partial charge on any atom is 0.269 e. The largest absolute Gasteiger partial charge is 0.338 e. The smallest absolute Gasteiger partial charge is 0.269 e. The van der Waals surface area contributed by atoms with Gasteiger partial charge in [-0.3, -0.25) is 14.9 Å². The van der Waals surface area contributed by atoms with Crippen LogP contribution in [0.2, 0.25) is 0 Å². The average molecular weight is 275 g/mol. The molecule has 2 heterocycles. The molecule has 1 aromatic rings. The van der Waals surface area contributed by atoms with Crippen molar-refractivity contribution in [2.75, 3.05) is 19.6 Å². The minimum absolute atomic E-state index is 0.0141. The average Bonchev–Trinajstić information content (AvgIpc) is 2.94. The molecule has 1 N–H and O–H groups in total. The lowest BCUT2D eigenvalue weighted by Crippen LogP contribution is -2.46. The highest BCUT2D eigenvalue weighted by Gasteiger charge is 2.34. The predicted molar refractivity (Wildman–Crippen MR) is 73.5 cm³/mol. The van der Waals surface area contributed by atoms with E-state index < -0.39 is 4.92 Å². The number of benzene rings is 1. The van der Waals surface area contributed by atoms with Crippen molar-refractivity contribution in [2.45, 2.75) is 18.9 Å². The number of nitro benzene ring substituents is 1. The van der Waals surface area contributed by atoms with E-state index in [0.29, 0.717) is 17.5 Å². The Morgan fingerprint density at radius 3 is 2.75 bits per heavy atom. The number of likely N-dealkylation sites (tertiary alicyclic amines) is 1. The van der Waals surface area contributed by atoms with Gasteiger partial charge in [-0.2, -0.15) is 0 Å². The van der Waals surface area contributed by atoms with Gasteiger partial charge in [0.2, 0.25) is 0 Å². The molecule has 0 aliphatic carbocycles. The minimum atomic E-state index is -0.454. The van der Waals surface area contributed by atoms with E-state index in [-0.39, 0.29) is 11.6 Å². The van der Waals surface area contributed by atoms with Gasteiger partial charge in [0.1, 0.15) is 0 Å². The van der Waals surface area contributed by atoms with Crippen LogP contribution in [0, 0.1) is 16.0 Å². The van der Waals surface area contributed by atoms with E-state index in [4.69, 9.17) is 0 Å². The maximum atomic E-state index is 12.4. The molecule has 20 heavy (non-hydrogen) atoms. The summed E-state index contributed by atoms with van der Waals surface area (Å²) in [6, 6.07) is 6.41. The molecular formula is C14H17N3O3. The normalized spacial score (nSPS) is 25.3. The molecule has 6 heteroatoms. The molecule has 1 amide bonds. The highest BCUT2D eigenvalue weighted by Crippen LogP contribution is 2.25. The highest BCUT2D eigenvalue weighted by molar-refractivity contribution is 5.94. The van der Waals surface area contributed by atoms with Gasteiger partial charge in [-0.1, -0.05) is 0 Å². The second-order valence-corrected chi connectivity index (χ2v) is 5.45. The Labute approximate surface area is 116 Å². The van der Waals surface area contributed by atoms with Gasteiger partial charge in [0, 0.05) is 36.8 Å². The summed E-state index contributed by atoms with van der Waals surface area (Å²) >= 11 is 0. The number of non-ortho nitro benzene ring substituents is 1. The van der Waals surface area contributed by atoms with E-state index >= 15 is 0 Å². The summed E-state index contributed by atoms with van der Waals surface area (Å²) in [7, 11) is 0. The van der Waals surface area contributed by atoms with Crippen molar-refractivity contribution in [3.8, 4) is 0 Å². The third-order valence-electron chi connectivity index (χ3n) is 4.27. The molecule has 0 spiro atoms. The summed E-state index contributed by atoms with van der Waals surface area (Å²) in [6.07, 6.45) is 2.11. The third kappa shape index (κ3) is 2.38. The molecule has 2 unspecified atom stereocenters. The number of carbonyl (C=O) groups excluding carboxylic acids is 1. The summed E-state index contributed by atoms with van der Waals surface area (Å²) in [5.74, 6) is 0.524. The summed E-state index contributed by atoms with van der Waals surface area (Å²) in [5.41, 5.74) is 0.542. The van der Waals surface area contributed by atoms with Crippen LogP contribution in [-0.2, 0) is 0 Å². The molecule has 106 valence electrons. The van der Waals surface area contributed by atoms with Crippen molar-refractivity contribution in [1.82, 2.24) is 10.2 Å². The van der Waals surface area contributed by atoms with Gasteiger partial charge >= 0.3 is 0 Å². The fraction of sp³-hybridized carbons (Fsp3) is 0.500. The zero-order chi connectivity index (χ0) is 14.1. The summed E-state index contributed by atoms with van der Waals surface area (Å²) in [5, 5.41) is 14.1. The lowest BCUT2D eigenvalue weighted by atomic mass is 9.93. The summed E-state index contributed by atoms with van der Waals surface area (Å²) in [4.78, 5) is 24.4. The van der Waals surface area contributed by atoms with Crippen LogP contribution in [0.5, 0.6) is 0 Å². The Hall–Kier alpha value is -1.95. The van der Waals surface area contributed by atoms with Crippen LogP contribution >= 0.6 is 0 Å². The standard InChI is InChI=1S/C14H17N3O3/c18-14(10-1-3-12(4-2-10)17(19)20)16-8-6-13-11(9-16)5-7-15-13/h1-4,11,13,15H,5-9H2. The zero-order valence-corrected chi connectivity index (χ0v) is 11.1. The number of piperidine rings is 1. The number of fused-ring (bicyclic) bond motifs is 1. The van der Waals surface area contributed by atoms with Crippen LogP contribution in [0.4, 0.5) is 5.69 Å². The molecule has 2 saturated heterocycles. The monoisotopic (exact) mass is 275 g/mol. The molecule has 6 nitrogen and oxygen atoms in total. The molecule has 0 aromatic heterocycles. The number of nitrogens with one attached hydrogen (secondary N) is 1. The van der Waals surface area contributed by atoms with Crippen molar-refractivity contribution in [3.63, 3.8) is 0 Å². The SMILES string of the molecule is O=C(c1ccc([N+](=O)[O-])cc1)N1CCC2NCCC2C1. The van der Waals surface area contributed by atoms with Gasteiger partial charge in [-0.25, -0.2) is 0 Å². The number of nitrogens with zero attached hydrogens (tertiary/aromatic N) is 2. The second-order valence-electron chi connectivity index (χ2n) is 5.45. The number of hydrogen-bond donors (Lipinski definition) is 1. The maximum absolute atomic E-state index is 12.4. The van der Waals surface area contributed by atoms with Crippen molar-refractivity contribution < 1.29 is 9.72 Å². The molecule has 1 aromatic carbocycles. The molecular weight excluding hydrogens is 258 g/mol. The van der Waals surface area contributed by atoms with Gasteiger partial charge in [0.15, 0.2) is 0 Å². The lowest BCUT2D eigenvalue weighted by molar-refractivity contribution is -0.384. The van der Waals surface area contributed by atoms with E-state index in [1.165, 1.54) is 12.1 Å². The van der Waals surface area contributed by atoms with E-state index in [2.05, 4.69) is 5.32 Å². The van der Waals surface area contributed by atoms with Crippen LogP contribution in [0.15, 0.2) is 24.3 Å². The quantitative estimate of drug-likeness (QED) is 0.654. The topological polar surface area (TPSA) is 75.5 Å². The zero-order valence-electron chi connectivity index (χ0n) is 11.1.